The summed E-state index contributed by atoms with van der Waals surface area (Å²) in [6.07, 6.45) is 0.658. The Morgan fingerprint density at radius 3 is 2.53 bits per heavy atom. The van der Waals surface area contributed by atoms with E-state index >= 15 is 0 Å². The number of piperidine rings is 1. The summed E-state index contributed by atoms with van der Waals surface area (Å²) in [6.45, 7) is 3.84. The summed E-state index contributed by atoms with van der Waals surface area (Å²) in [4.78, 5) is 11.0. The summed E-state index contributed by atoms with van der Waals surface area (Å²) < 4.78 is 39.1. The van der Waals surface area contributed by atoms with E-state index in [4.69, 9.17) is 5.73 Å². The first kappa shape index (κ1) is 21.9. The van der Waals surface area contributed by atoms with Gasteiger partial charge in [0.1, 0.15) is 12.1 Å². The Labute approximate surface area is 185 Å². The largest absolute Gasteiger partial charge is 0.416 e. The fraction of sp³-hybridized carbons (Fsp3) is 0.333. The van der Waals surface area contributed by atoms with Crippen molar-refractivity contribution in [2.75, 3.05) is 29.0 Å². The molecule has 168 valence electrons. The second-order valence-corrected chi connectivity index (χ2v) is 8.10. The number of halogens is 3. The lowest BCUT2D eigenvalue weighted by molar-refractivity contribution is -0.137. The van der Waals surface area contributed by atoms with Crippen LogP contribution in [0.5, 0.6) is 0 Å². The first-order valence-electron chi connectivity index (χ1n) is 10.7. The third-order valence-corrected chi connectivity index (χ3v) is 5.78. The van der Waals surface area contributed by atoms with Crippen molar-refractivity contribution >= 4 is 17.2 Å². The van der Waals surface area contributed by atoms with E-state index in [0.717, 1.165) is 36.5 Å². The van der Waals surface area contributed by atoms with E-state index in [9.17, 15) is 13.2 Å². The Hall–Kier alpha value is -3.29. The van der Waals surface area contributed by atoms with Crippen molar-refractivity contribution in [2.45, 2.75) is 38.4 Å². The lowest BCUT2D eigenvalue weighted by Gasteiger charge is -2.29. The smallest absolute Gasteiger partial charge is 0.398 e. The van der Waals surface area contributed by atoms with Gasteiger partial charge in [0, 0.05) is 42.1 Å². The number of nitrogen functional groups attached to an aromatic ring is 1. The second kappa shape index (κ2) is 9.06. The maximum Gasteiger partial charge on any atom is 0.416 e. The van der Waals surface area contributed by atoms with Crippen molar-refractivity contribution in [3.05, 3.63) is 66.0 Å². The minimum Gasteiger partial charge on any atom is -0.398 e. The molecule has 1 aromatic heterocycles. The molecule has 2 heterocycles. The van der Waals surface area contributed by atoms with Crippen LogP contribution >= 0.6 is 0 Å². The molecule has 2 aromatic carbocycles. The Bertz CT molecular complexity index is 1080. The van der Waals surface area contributed by atoms with Gasteiger partial charge < -0.3 is 16.0 Å². The number of rotatable bonds is 5. The summed E-state index contributed by atoms with van der Waals surface area (Å²) in [6, 6.07) is 12.6. The lowest BCUT2D eigenvalue weighted by atomic mass is 10.0. The zero-order valence-electron chi connectivity index (χ0n) is 17.9. The van der Waals surface area contributed by atoms with E-state index in [1.165, 1.54) is 31.7 Å². The van der Waals surface area contributed by atoms with Crippen LogP contribution in [0.2, 0.25) is 0 Å². The molecule has 0 radical (unpaired) electrons. The average Bonchev–Trinajstić information content (AvgIpc) is 2.80. The van der Waals surface area contributed by atoms with Crippen LogP contribution in [0.25, 0.3) is 11.3 Å². The molecule has 1 atom stereocenters. The molecular weight excluding hydrogens is 415 g/mol. The molecule has 1 fully saturated rings. The molecule has 0 bridgehead atoms. The van der Waals surface area contributed by atoms with Gasteiger partial charge >= 0.3 is 6.18 Å². The highest BCUT2D eigenvalue weighted by Crippen LogP contribution is 2.33. The minimum atomic E-state index is -4.38. The molecule has 3 aromatic rings. The lowest BCUT2D eigenvalue weighted by Crippen LogP contribution is -2.29. The van der Waals surface area contributed by atoms with Crippen molar-refractivity contribution in [3.8, 4) is 11.3 Å². The average molecular weight is 442 g/mol. The molecular formula is C24H26F3N5. The number of alkyl halides is 3. The number of nitrogens with one attached hydrogen (secondary N) is 1. The van der Waals surface area contributed by atoms with E-state index in [0.29, 0.717) is 22.8 Å². The number of nitrogens with zero attached hydrogens (tertiary/aromatic N) is 3. The monoisotopic (exact) mass is 441 g/mol. The van der Waals surface area contributed by atoms with E-state index in [-0.39, 0.29) is 6.04 Å². The number of hydrogen-bond acceptors (Lipinski definition) is 5. The maximum absolute atomic E-state index is 13.0. The first-order chi connectivity index (χ1) is 15.3. The number of aromatic nitrogens is 2. The summed E-state index contributed by atoms with van der Waals surface area (Å²) in [5.74, 6) is 0.516. The van der Waals surface area contributed by atoms with Crippen LogP contribution in [-0.4, -0.2) is 23.1 Å². The van der Waals surface area contributed by atoms with E-state index in [1.54, 1.807) is 19.1 Å². The molecule has 1 aliphatic rings. The van der Waals surface area contributed by atoms with Gasteiger partial charge in [0.15, 0.2) is 0 Å². The van der Waals surface area contributed by atoms with Gasteiger partial charge in [-0.3, -0.25) is 0 Å². The summed E-state index contributed by atoms with van der Waals surface area (Å²) in [5.41, 5.74) is 9.29. The van der Waals surface area contributed by atoms with Crippen LogP contribution in [0.3, 0.4) is 0 Å². The number of anilines is 3. The van der Waals surface area contributed by atoms with Crippen LogP contribution < -0.4 is 16.0 Å². The van der Waals surface area contributed by atoms with E-state index in [2.05, 4.69) is 20.2 Å². The Morgan fingerprint density at radius 2 is 1.78 bits per heavy atom. The third kappa shape index (κ3) is 4.95. The molecule has 0 saturated carbocycles. The van der Waals surface area contributed by atoms with Crippen molar-refractivity contribution in [1.82, 2.24) is 9.97 Å². The highest BCUT2D eigenvalue weighted by molar-refractivity contribution is 5.78. The quantitative estimate of drug-likeness (QED) is 0.482. The van der Waals surface area contributed by atoms with Crippen molar-refractivity contribution < 1.29 is 13.2 Å². The molecule has 0 aliphatic carbocycles. The van der Waals surface area contributed by atoms with Gasteiger partial charge in [0.05, 0.1) is 11.3 Å². The molecule has 1 unspecified atom stereocenters. The second-order valence-electron chi connectivity index (χ2n) is 8.10. The summed E-state index contributed by atoms with van der Waals surface area (Å²) in [7, 11) is 0. The first-order valence-corrected chi connectivity index (χ1v) is 10.7. The van der Waals surface area contributed by atoms with Gasteiger partial charge in [-0.1, -0.05) is 12.1 Å². The molecule has 0 spiro atoms. The van der Waals surface area contributed by atoms with Crippen LogP contribution in [0.15, 0.2) is 54.9 Å². The molecule has 1 aliphatic heterocycles. The van der Waals surface area contributed by atoms with Crippen molar-refractivity contribution in [1.29, 1.82) is 0 Å². The minimum absolute atomic E-state index is 0.378. The highest BCUT2D eigenvalue weighted by atomic mass is 19.4. The number of benzene rings is 2. The predicted octanol–water partition coefficient (Wildman–Crippen LogP) is 5.91. The Morgan fingerprint density at radius 1 is 1.00 bits per heavy atom. The van der Waals surface area contributed by atoms with Crippen LogP contribution in [0.4, 0.5) is 30.4 Å². The van der Waals surface area contributed by atoms with Gasteiger partial charge in [0.2, 0.25) is 0 Å². The molecule has 3 N–H and O–H groups in total. The SMILES string of the molecule is CC(Nc1cc(-c2cc(N3CCCCC3)ccc2N)ncn1)c1cccc(C(F)(F)F)c1. The Balaban J connectivity index is 1.56. The van der Waals surface area contributed by atoms with Gasteiger partial charge in [-0.05, 0) is 62.1 Å². The fourth-order valence-electron chi connectivity index (χ4n) is 3.99. The zero-order chi connectivity index (χ0) is 22.7. The highest BCUT2D eigenvalue weighted by Gasteiger charge is 2.30. The maximum atomic E-state index is 13.0. The standard InChI is InChI=1S/C24H26F3N5/c1-16(17-6-5-7-18(12-17)24(25,26)27)31-23-14-22(29-15-30-23)20-13-19(8-9-21(20)28)32-10-3-2-4-11-32/h5-9,12-16H,2-4,10-11,28H2,1H3,(H,29,30,31). The molecule has 8 heteroatoms. The molecule has 5 nitrogen and oxygen atoms in total. The molecule has 1 saturated heterocycles. The van der Waals surface area contributed by atoms with Gasteiger partial charge in [-0.2, -0.15) is 13.2 Å². The van der Waals surface area contributed by atoms with Crippen molar-refractivity contribution in [2.24, 2.45) is 0 Å². The van der Waals surface area contributed by atoms with Crippen LogP contribution in [-0.2, 0) is 6.18 Å². The van der Waals surface area contributed by atoms with Gasteiger partial charge in [-0.15, -0.1) is 0 Å². The summed E-state index contributed by atoms with van der Waals surface area (Å²) >= 11 is 0. The van der Waals surface area contributed by atoms with Crippen LogP contribution in [0.1, 0.15) is 43.4 Å². The molecule has 32 heavy (non-hydrogen) atoms. The normalized spacial score (nSPS) is 15.4. The van der Waals surface area contributed by atoms with Crippen molar-refractivity contribution in [3.63, 3.8) is 0 Å². The zero-order valence-corrected chi connectivity index (χ0v) is 17.9. The fourth-order valence-corrected chi connectivity index (χ4v) is 3.99. The molecule has 0 amide bonds. The number of nitrogens with two attached hydrogens (primary N) is 1. The third-order valence-electron chi connectivity index (χ3n) is 5.78. The summed E-state index contributed by atoms with van der Waals surface area (Å²) in [5, 5.41) is 3.17. The van der Waals surface area contributed by atoms with E-state index < -0.39 is 11.7 Å². The number of hydrogen-bond donors (Lipinski definition) is 2. The topological polar surface area (TPSA) is 67.1 Å². The van der Waals surface area contributed by atoms with E-state index in [1.807, 2.05) is 18.2 Å². The van der Waals surface area contributed by atoms with Crippen LogP contribution in [0, 0.1) is 0 Å². The predicted molar refractivity (Wildman–Crippen MR) is 121 cm³/mol. The van der Waals surface area contributed by atoms with Gasteiger partial charge in [0.25, 0.3) is 0 Å². The Kier molecular flexibility index (Phi) is 6.21. The molecule has 4 rings (SSSR count). The van der Waals surface area contributed by atoms with Gasteiger partial charge in [-0.25, -0.2) is 9.97 Å².